The molecule has 6 nitrogen and oxygen atoms in total. The van der Waals surface area contributed by atoms with E-state index in [2.05, 4.69) is 10.4 Å². The number of amides is 1. The van der Waals surface area contributed by atoms with Crippen molar-refractivity contribution in [3.05, 3.63) is 42.1 Å². The van der Waals surface area contributed by atoms with E-state index < -0.39 is 6.04 Å². The predicted octanol–water partition coefficient (Wildman–Crippen LogP) is 0.634. The molecule has 0 saturated carbocycles. The van der Waals surface area contributed by atoms with Crippen LogP contribution in [0, 0.1) is 0 Å². The highest BCUT2D eigenvalue weighted by Gasteiger charge is 2.15. The third-order valence-electron chi connectivity index (χ3n) is 2.69. The van der Waals surface area contributed by atoms with Gasteiger partial charge in [0.15, 0.2) is 5.82 Å². The molecular weight excluding hydrogens is 244 g/mol. The lowest BCUT2D eigenvalue weighted by Gasteiger charge is -2.11. The number of nitrogens with zero attached hydrogens (tertiary/aromatic N) is 2. The van der Waals surface area contributed by atoms with Gasteiger partial charge < -0.3 is 16.2 Å². The molecule has 0 fully saturated rings. The van der Waals surface area contributed by atoms with E-state index in [1.54, 1.807) is 48.3 Å². The summed E-state index contributed by atoms with van der Waals surface area (Å²) >= 11 is 0. The van der Waals surface area contributed by atoms with Gasteiger partial charge in [-0.1, -0.05) is 12.1 Å². The van der Waals surface area contributed by atoms with E-state index in [0.717, 1.165) is 5.56 Å². The standard InChI is InChI=1S/C13H16N4O2/c1-17-7-6-12(16-17)15-13(19)11(14)8-9-2-4-10(18)5-3-9/h2-7,11,18H,8,14H2,1H3,(H,15,16,19)/t11-/m0/s1. The van der Waals surface area contributed by atoms with E-state index in [4.69, 9.17) is 5.73 Å². The quantitative estimate of drug-likeness (QED) is 0.751. The first-order valence-electron chi connectivity index (χ1n) is 5.88. The maximum absolute atomic E-state index is 11.9. The third-order valence-corrected chi connectivity index (χ3v) is 2.69. The molecule has 1 amide bonds. The van der Waals surface area contributed by atoms with Crippen molar-refractivity contribution in [2.75, 3.05) is 5.32 Å². The molecule has 2 aromatic rings. The molecule has 1 aromatic heterocycles. The molecule has 0 aliphatic carbocycles. The van der Waals surface area contributed by atoms with Crippen LogP contribution in [0.15, 0.2) is 36.5 Å². The molecule has 0 aliphatic heterocycles. The van der Waals surface area contributed by atoms with Crippen LogP contribution in [0.1, 0.15) is 5.56 Å². The Balaban J connectivity index is 1.94. The zero-order valence-corrected chi connectivity index (χ0v) is 10.6. The van der Waals surface area contributed by atoms with Gasteiger partial charge in [-0.3, -0.25) is 9.48 Å². The van der Waals surface area contributed by atoms with E-state index in [9.17, 15) is 9.90 Å². The summed E-state index contributed by atoms with van der Waals surface area (Å²) in [5.41, 5.74) is 6.72. The fourth-order valence-corrected chi connectivity index (χ4v) is 1.68. The number of carbonyl (C=O) groups is 1. The van der Waals surface area contributed by atoms with E-state index in [-0.39, 0.29) is 11.7 Å². The van der Waals surface area contributed by atoms with E-state index in [1.165, 1.54) is 0 Å². The summed E-state index contributed by atoms with van der Waals surface area (Å²) in [5, 5.41) is 15.9. The van der Waals surface area contributed by atoms with E-state index in [0.29, 0.717) is 12.2 Å². The van der Waals surface area contributed by atoms with Crippen molar-refractivity contribution in [2.45, 2.75) is 12.5 Å². The number of phenolic OH excluding ortho intramolecular Hbond substituents is 1. The summed E-state index contributed by atoms with van der Waals surface area (Å²) in [6.07, 6.45) is 2.14. The molecule has 1 heterocycles. The second-order valence-electron chi connectivity index (χ2n) is 4.34. The molecule has 100 valence electrons. The normalized spacial score (nSPS) is 12.1. The van der Waals surface area contributed by atoms with Crippen LogP contribution in [0.3, 0.4) is 0 Å². The average Bonchev–Trinajstić information content (AvgIpc) is 2.77. The van der Waals surface area contributed by atoms with Crippen molar-refractivity contribution >= 4 is 11.7 Å². The molecule has 2 rings (SSSR count). The van der Waals surface area contributed by atoms with Crippen LogP contribution in [-0.4, -0.2) is 26.8 Å². The number of nitrogens with one attached hydrogen (secondary N) is 1. The monoisotopic (exact) mass is 260 g/mol. The number of aryl methyl sites for hydroxylation is 1. The highest BCUT2D eigenvalue weighted by molar-refractivity contribution is 5.94. The van der Waals surface area contributed by atoms with Gasteiger partial charge in [0.25, 0.3) is 0 Å². The Morgan fingerprint density at radius 1 is 1.42 bits per heavy atom. The van der Waals surface area contributed by atoms with Gasteiger partial charge in [0, 0.05) is 19.3 Å². The van der Waals surface area contributed by atoms with Crippen molar-refractivity contribution in [1.82, 2.24) is 9.78 Å². The molecule has 19 heavy (non-hydrogen) atoms. The molecule has 0 spiro atoms. The van der Waals surface area contributed by atoms with E-state index >= 15 is 0 Å². The minimum Gasteiger partial charge on any atom is -0.508 e. The van der Waals surface area contributed by atoms with Crippen molar-refractivity contribution in [3.63, 3.8) is 0 Å². The first kappa shape index (κ1) is 13.1. The number of hydrogen-bond acceptors (Lipinski definition) is 4. The van der Waals surface area contributed by atoms with Gasteiger partial charge in [0.2, 0.25) is 5.91 Å². The zero-order chi connectivity index (χ0) is 13.8. The maximum atomic E-state index is 11.9. The lowest BCUT2D eigenvalue weighted by molar-refractivity contribution is -0.117. The number of carbonyl (C=O) groups excluding carboxylic acids is 1. The summed E-state index contributed by atoms with van der Waals surface area (Å²) < 4.78 is 1.60. The first-order valence-corrected chi connectivity index (χ1v) is 5.88. The van der Waals surface area contributed by atoms with Crippen molar-refractivity contribution in [3.8, 4) is 5.75 Å². The van der Waals surface area contributed by atoms with Gasteiger partial charge in [-0.25, -0.2) is 0 Å². The van der Waals surface area contributed by atoms with Crippen LogP contribution in [0.2, 0.25) is 0 Å². The summed E-state index contributed by atoms with van der Waals surface area (Å²) in [6, 6.07) is 7.65. The van der Waals surface area contributed by atoms with E-state index in [1.807, 2.05) is 0 Å². The Morgan fingerprint density at radius 3 is 2.68 bits per heavy atom. The molecule has 0 radical (unpaired) electrons. The Labute approximate surface area is 110 Å². The highest BCUT2D eigenvalue weighted by atomic mass is 16.3. The summed E-state index contributed by atoms with van der Waals surface area (Å²) in [5.74, 6) is 0.385. The molecule has 4 N–H and O–H groups in total. The number of phenols is 1. The molecule has 1 aromatic carbocycles. The van der Waals surface area contributed by atoms with Crippen LogP contribution >= 0.6 is 0 Å². The molecule has 6 heteroatoms. The number of aromatic hydroxyl groups is 1. The largest absolute Gasteiger partial charge is 0.508 e. The smallest absolute Gasteiger partial charge is 0.242 e. The number of rotatable bonds is 4. The summed E-state index contributed by atoms with van der Waals surface area (Å²) in [7, 11) is 1.77. The minimum atomic E-state index is -0.661. The molecule has 0 unspecified atom stereocenters. The van der Waals surface area contributed by atoms with Gasteiger partial charge in [-0.05, 0) is 24.1 Å². The third kappa shape index (κ3) is 3.56. The second-order valence-corrected chi connectivity index (χ2v) is 4.34. The van der Waals surface area contributed by atoms with Crippen LogP contribution < -0.4 is 11.1 Å². The number of hydrogen-bond donors (Lipinski definition) is 3. The Bertz CT molecular complexity index is 562. The van der Waals surface area contributed by atoms with Crippen molar-refractivity contribution in [1.29, 1.82) is 0 Å². The molecule has 0 saturated heterocycles. The number of benzene rings is 1. The summed E-state index contributed by atoms with van der Waals surface area (Å²) in [4.78, 5) is 11.9. The lowest BCUT2D eigenvalue weighted by Crippen LogP contribution is -2.37. The Hall–Kier alpha value is -2.34. The molecule has 0 bridgehead atoms. The topological polar surface area (TPSA) is 93.2 Å². The van der Waals surface area contributed by atoms with Gasteiger partial charge in [-0.2, -0.15) is 5.10 Å². The van der Waals surface area contributed by atoms with Crippen molar-refractivity contribution < 1.29 is 9.90 Å². The summed E-state index contributed by atoms with van der Waals surface area (Å²) in [6.45, 7) is 0. The first-order chi connectivity index (χ1) is 9.04. The molecule has 1 atom stereocenters. The van der Waals surface area contributed by atoms with Gasteiger partial charge >= 0.3 is 0 Å². The Kier molecular flexibility index (Phi) is 3.82. The van der Waals surface area contributed by atoms with Crippen LogP contribution in [0.5, 0.6) is 5.75 Å². The molecule has 0 aliphatic rings. The van der Waals surface area contributed by atoms with Crippen LogP contribution in [-0.2, 0) is 18.3 Å². The Morgan fingerprint density at radius 2 is 2.11 bits per heavy atom. The average molecular weight is 260 g/mol. The second kappa shape index (κ2) is 5.53. The van der Waals surface area contributed by atoms with Gasteiger partial charge in [0.05, 0.1) is 6.04 Å². The number of anilines is 1. The zero-order valence-electron chi connectivity index (χ0n) is 10.6. The van der Waals surface area contributed by atoms with Crippen molar-refractivity contribution in [2.24, 2.45) is 12.8 Å². The van der Waals surface area contributed by atoms with Gasteiger partial charge in [0.1, 0.15) is 5.75 Å². The maximum Gasteiger partial charge on any atom is 0.242 e. The highest BCUT2D eigenvalue weighted by Crippen LogP contribution is 2.11. The fraction of sp³-hybridized carbons (Fsp3) is 0.231. The van der Waals surface area contributed by atoms with Crippen LogP contribution in [0.25, 0.3) is 0 Å². The SMILES string of the molecule is Cn1ccc(NC(=O)[C@@H](N)Cc2ccc(O)cc2)n1. The lowest BCUT2D eigenvalue weighted by atomic mass is 10.1. The minimum absolute atomic E-state index is 0.190. The fourth-order valence-electron chi connectivity index (χ4n) is 1.68. The van der Waals surface area contributed by atoms with Gasteiger partial charge in [-0.15, -0.1) is 0 Å². The predicted molar refractivity (Wildman–Crippen MR) is 71.6 cm³/mol. The molecular formula is C13H16N4O2. The number of aromatic nitrogens is 2. The number of nitrogens with two attached hydrogens (primary N) is 1. The van der Waals surface area contributed by atoms with Crippen LogP contribution in [0.4, 0.5) is 5.82 Å².